The maximum atomic E-state index is 13.5. The average Bonchev–Trinajstić information content (AvgIpc) is 2.86. The van der Waals surface area contributed by atoms with Crippen LogP contribution in [0.25, 0.3) is 0 Å². The van der Waals surface area contributed by atoms with Crippen molar-refractivity contribution in [2.75, 3.05) is 32.1 Å². The molecule has 4 amide bonds. The van der Waals surface area contributed by atoms with E-state index in [0.717, 1.165) is 0 Å². The summed E-state index contributed by atoms with van der Waals surface area (Å²) in [5.41, 5.74) is 1.14. The summed E-state index contributed by atoms with van der Waals surface area (Å²) in [5.74, 6) is -0.410. The zero-order chi connectivity index (χ0) is 26.4. The molecule has 1 aromatic heterocycles. The molecule has 0 saturated carbocycles. The highest BCUT2D eigenvalue weighted by molar-refractivity contribution is 6.05. The molecule has 0 aliphatic carbocycles. The van der Waals surface area contributed by atoms with Gasteiger partial charge in [0.05, 0.1) is 24.8 Å². The summed E-state index contributed by atoms with van der Waals surface area (Å²) in [6, 6.07) is 7.45. The number of aromatic nitrogens is 1. The molecule has 0 spiro atoms. The molecule has 1 aliphatic heterocycles. The Labute approximate surface area is 211 Å². The molecule has 2 aromatic rings. The Kier molecular flexibility index (Phi) is 8.87. The Hall–Kier alpha value is -3.66. The van der Waals surface area contributed by atoms with Crippen LogP contribution in [-0.2, 0) is 0 Å². The van der Waals surface area contributed by atoms with Gasteiger partial charge in [-0.05, 0) is 51.1 Å². The Morgan fingerprint density at radius 2 is 1.92 bits per heavy atom. The molecule has 3 rings (SSSR count). The van der Waals surface area contributed by atoms with Gasteiger partial charge in [-0.3, -0.25) is 14.6 Å². The minimum Gasteiger partial charge on any atom is -0.487 e. The highest BCUT2D eigenvalue weighted by Gasteiger charge is 2.34. The van der Waals surface area contributed by atoms with Crippen LogP contribution in [-0.4, -0.2) is 82.7 Å². The topological polar surface area (TPSA) is 124 Å². The standard InChI is InChI=1S/C26H35N5O5/c1-16(2)28-26(35)30(5)14-23-17(3)13-31(18(4)15-32)25(34)21-12-20(6-7-22(21)36-23)29-24(33)19-8-10-27-11-9-19/h6-12,16-18,23,32H,13-15H2,1-5H3,(H,28,35)(H,29,33)/t17-,18-,23-/m0/s1. The molecule has 1 aliphatic rings. The number of fused-ring (bicyclic) bond motifs is 1. The molecular weight excluding hydrogens is 462 g/mol. The van der Waals surface area contributed by atoms with Gasteiger partial charge in [-0.1, -0.05) is 6.92 Å². The first-order chi connectivity index (χ1) is 17.1. The van der Waals surface area contributed by atoms with Crippen molar-refractivity contribution in [2.45, 2.75) is 45.9 Å². The van der Waals surface area contributed by atoms with Crippen LogP contribution in [0.4, 0.5) is 10.5 Å². The van der Waals surface area contributed by atoms with Crippen molar-refractivity contribution in [3.8, 4) is 5.75 Å². The third-order valence-corrected chi connectivity index (χ3v) is 6.08. The molecule has 36 heavy (non-hydrogen) atoms. The SMILES string of the molecule is CC(C)NC(=O)N(C)C[C@@H]1Oc2ccc(NC(=O)c3ccncc3)cc2C(=O)N([C@@H](C)CO)C[C@@H]1C. The van der Waals surface area contributed by atoms with Gasteiger partial charge in [-0.25, -0.2) is 4.79 Å². The number of rotatable bonds is 7. The Morgan fingerprint density at radius 1 is 1.22 bits per heavy atom. The largest absolute Gasteiger partial charge is 0.487 e. The van der Waals surface area contributed by atoms with Crippen LogP contribution in [0.2, 0.25) is 0 Å². The van der Waals surface area contributed by atoms with Gasteiger partial charge in [0.25, 0.3) is 11.8 Å². The van der Waals surface area contributed by atoms with Crippen LogP contribution in [0, 0.1) is 5.92 Å². The zero-order valence-corrected chi connectivity index (χ0v) is 21.4. The summed E-state index contributed by atoms with van der Waals surface area (Å²) in [5, 5.41) is 15.5. The van der Waals surface area contributed by atoms with Crippen LogP contribution in [0.5, 0.6) is 5.75 Å². The summed E-state index contributed by atoms with van der Waals surface area (Å²) in [6.07, 6.45) is 2.65. The molecule has 10 nitrogen and oxygen atoms in total. The normalized spacial score (nSPS) is 18.4. The second kappa shape index (κ2) is 11.9. The maximum Gasteiger partial charge on any atom is 0.317 e. The second-order valence-corrected chi connectivity index (χ2v) is 9.51. The third kappa shape index (κ3) is 6.51. The monoisotopic (exact) mass is 497 g/mol. The van der Waals surface area contributed by atoms with Crippen molar-refractivity contribution in [2.24, 2.45) is 5.92 Å². The predicted molar refractivity (Wildman–Crippen MR) is 136 cm³/mol. The lowest BCUT2D eigenvalue weighted by Gasteiger charge is -2.38. The number of amides is 4. The number of pyridine rings is 1. The molecule has 3 atom stereocenters. The highest BCUT2D eigenvalue weighted by atomic mass is 16.5. The van der Waals surface area contributed by atoms with Gasteiger partial charge < -0.3 is 30.3 Å². The number of carbonyl (C=O) groups is 3. The third-order valence-electron chi connectivity index (χ3n) is 6.08. The van der Waals surface area contributed by atoms with E-state index in [1.54, 1.807) is 54.1 Å². The number of nitrogens with one attached hydrogen (secondary N) is 2. The number of anilines is 1. The van der Waals surface area contributed by atoms with E-state index in [-0.39, 0.29) is 42.0 Å². The molecule has 0 saturated heterocycles. The van der Waals surface area contributed by atoms with E-state index in [1.165, 1.54) is 12.4 Å². The van der Waals surface area contributed by atoms with Crippen molar-refractivity contribution < 1.29 is 24.2 Å². The van der Waals surface area contributed by atoms with Crippen LogP contribution in [0.15, 0.2) is 42.7 Å². The Bertz CT molecular complexity index is 1080. The van der Waals surface area contributed by atoms with E-state index in [2.05, 4.69) is 15.6 Å². The fraction of sp³-hybridized carbons (Fsp3) is 0.462. The molecule has 0 radical (unpaired) electrons. The second-order valence-electron chi connectivity index (χ2n) is 9.51. The number of benzene rings is 1. The van der Waals surface area contributed by atoms with Gasteiger partial charge in [0.1, 0.15) is 11.9 Å². The number of urea groups is 1. The molecule has 194 valence electrons. The molecule has 2 heterocycles. The molecule has 0 fully saturated rings. The lowest BCUT2D eigenvalue weighted by Crippen LogP contribution is -2.51. The molecule has 3 N–H and O–H groups in total. The average molecular weight is 498 g/mol. The van der Waals surface area contributed by atoms with Crippen molar-refractivity contribution in [1.29, 1.82) is 0 Å². The molecule has 0 unspecified atom stereocenters. The lowest BCUT2D eigenvalue weighted by molar-refractivity contribution is 0.0366. The minimum absolute atomic E-state index is 0.00403. The number of aliphatic hydroxyl groups is 1. The predicted octanol–water partition coefficient (Wildman–Crippen LogP) is 2.60. The lowest BCUT2D eigenvalue weighted by atomic mass is 9.99. The summed E-state index contributed by atoms with van der Waals surface area (Å²) < 4.78 is 6.30. The van der Waals surface area contributed by atoms with Crippen LogP contribution in [0.3, 0.4) is 0 Å². The van der Waals surface area contributed by atoms with Gasteiger partial charge in [-0.15, -0.1) is 0 Å². The number of carbonyl (C=O) groups excluding carboxylic acids is 3. The van der Waals surface area contributed by atoms with Gasteiger partial charge in [0.15, 0.2) is 0 Å². The first-order valence-electron chi connectivity index (χ1n) is 12.1. The van der Waals surface area contributed by atoms with Gasteiger partial charge >= 0.3 is 6.03 Å². The molecular formula is C26H35N5O5. The molecule has 1 aromatic carbocycles. The number of hydrogen-bond donors (Lipinski definition) is 3. The summed E-state index contributed by atoms with van der Waals surface area (Å²) in [6.45, 7) is 7.95. The van der Waals surface area contributed by atoms with E-state index in [9.17, 15) is 19.5 Å². The number of likely N-dealkylation sites (N-methyl/N-ethyl adjacent to an activating group) is 1. The minimum atomic E-state index is -0.427. The fourth-order valence-electron chi connectivity index (χ4n) is 3.93. The molecule has 10 heteroatoms. The van der Waals surface area contributed by atoms with Crippen molar-refractivity contribution >= 4 is 23.5 Å². The van der Waals surface area contributed by atoms with Crippen LogP contribution < -0.4 is 15.4 Å². The van der Waals surface area contributed by atoms with E-state index in [1.807, 2.05) is 20.8 Å². The summed E-state index contributed by atoms with van der Waals surface area (Å²) in [4.78, 5) is 45.7. The van der Waals surface area contributed by atoms with E-state index in [4.69, 9.17) is 4.74 Å². The first-order valence-corrected chi connectivity index (χ1v) is 12.1. The van der Waals surface area contributed by atoms with Crippen molar-refractivity contribution in [3.63, 3.8) is 0 Å². The van der Waals surface area contributed by atoms with Crippen LogP contribution in [0.1, 0.15) is 48.4 Å². The molecule has 0 bridgehead atoms. The summed E-state index contributed by atoms with van der Waals surface area (Å²) in [7, 11) is 1.70. The van der Waals surface area contributed by atoms with E-state index in [0.29, 0.717) is 30.1 Å². The fourth-order valence-corrected chi connectivity index (χ4v) is 3.93. The van der Waals surface area contributed by atoms with E-state index < -0.39 is 12.1 Å². The number of ether oxygens (including phenoxy) is 1. The van der Waals surface area contributed by atoms with Crippen molar-refractivity contribution in [3.05, 3.63) is 53.9 Å². The van der Waals surface area contributed by atoms with Gasteiger partial charge in [0.2, 0.25) is 0 Å². The number of hydrogen-bond acceptors (Lipinski definition) is 6. The summed E-state index contributed by atoms with van der Waals surface area (Å²) >= 11 is 0. The smallest absolute Gasteiger partial charge is 0.317 e. The van der Waals surface area contributed by atoms with Gasteiger partial charge in [-0.2, -0.15) is 0 Å². The maximum absolute atomic E-state index is 13.5. The van der Waals surface area contributed by atoms with Crippen LogP contribution >= 0.6 is 0 Å². The Balaban J connectivity index is 1.92. The van der Waals surface area contributed by atoms with E-state index >= 15 is 0 Å². The van der Waals surface area contributed by atoms with Crippen molar-refractivity contribution in [1.82, 2.24) is 20.1 Å². The van der Waals surface area contributed by atoms with Gasteiger partial charge in [0, 0.05) is 49.2 Å². The zero-order valence-electron chi connectivity index (χ0n) is 21.4. The Morgan fingerprint density at radius 3 is 2.56 bits per heavy atom. The first kappa shape index (κ1) is 26.9. The number of aliphatic hydroxyl groups excluding tert-OH is 1. The number of nitrogens with zero attached hydrogens (tertiary/aromatic N) is 3. The quantitative estimate of drug-likeness (QED) is 0.540. The highest BCUT2D eigenvalue weighted by Crippen LogP contribution is 2.31.